The molecule has 0 saturated carbocycles. The van der Waals surface area contributed by atoms with Gasteiger partial charge < -0.3 is 15.0 Å². The molecular formula is C23H18BrN3O3. The highest BCUT2D eigenvalue weighted by Crippen LogP contribution is 2.24. The van der Waals surface area contributed by atoms with E-state index in [1.54, 1.807) is 12.1 Å². The summed E-state index contributed by atoms with van der Waals surface area (Å²) in [4.78, 5) is 24.0. The summed E-state index contributed by atoms with van der Waals surface area (Å²) in [5.41, 5.74) is 3.50. The summed E-state index contributed by atoms with van der Waals surface area (Å²) in [6, 6.07) is 17.7. The number of carbonyl (C=O) groups is 2. The third-order valence-corrected chi connectivity index (χ3v) is 5.15. The second kappa shape index (κ2) is 8.80. The van der Waals surface area contributed by atoms with Crippen molar-refractivity contribution in [2.45, 2.75) is 13.8 Å². The Labute approximate surface area is 182 Å². The number of aromatic carboxylic acids is 1. The van der Waals surface area contributed by atoms with Gasteiger partial charge in [0.2, 0.25) is 0 Å². The fraction of sp³-hybridized carbons (Fsp3) is 0.0870. The lowest BCUT2D eigenvalue weighted by atomic mass is 10.1. The molecule has 0 radical (unpaired) electrons. The molecule has 2 aromatic carbocycles. The van der Waals surface area contributed by atoms with Gasteiger partial charge in [-0.15, -0.1) is 0 Å². The molecule has 6 nitrogen and oxygen atoms in total. The van der Waals surface area contributed by atoms with Crippen LogP contribution in [0.4, 0.5) is 5.69 Å². The summed E-state index contributed by atoms with van der Waals surface area (Å²) in [5, 5.41) is 21.3. The minimum Gasteiger partial charge on any atom is -0.478 e. The molecule has 0 spiro atoms. The molecule has 7 heteroatoms. The van der Waals surface area contributed by atoms with Crippen LogP contribution in [0.15, 0.2) is 64.6 Å². The fourth-order valence-corrected chi connectivity index (χ4v) is 3.46. The number of nitriles is 1. The first-order chi connectivity index (χ1) is 14.3. The number of hydrogen-bond acceptors (Lipinski definition) is 3. The standard InChI is InChI=1S/C23H18BrN3O3/c1-14-11-16(15(2)27(14)19-9-7-18(24)8-10-19)12-17(13-25)22(28)26-21-6-4-3-5-20(21)23(29)30/h3-12H,1-2H3,(H,26,28)(H,29,30)/b17-12+. The molecule has 150 valence electrons. The molecule has 3 rings (SSSR count). The summed E-state index contributed by atoms with van der Waals surface area (Å²) >= 11 is 3.42. The van der Waals surface area contributed by atoms with Gasteiger partial charge in [0.25, 0.3) is 5.91 Å². The van der Waals surface area contributed by atoms with Crippen molar-refractivity contribution in [3.05, 3.63) is 87.2 Å². The fourth-order valence-electron chi connectivity index (χ4n) is 3.19. The number of amides is 1. The SMILES string of the molecule is Cc1cc(/C=C(\C#N)C(=O)Nc2ccccc2C(=O)O)c(C)n1-c1ccc(Br)cc1. The van der Waals surface area contributed by atoms with Crippen molar-refractivity contribution >= 4 is 39.6 Å². The van der Waals surface area contributed by atoms with Crippen LogP contribution >= 0.6 is 15.9 Å². The van der Waals surface area contributed by atoms with Gasteiger partial charge in [0.1, 0.15) is 11.6 Å². The molecule has 0 aliphatic carbocycles. The topological polar surface area (TPSA) is 95.1 Å². The van der Waals surface area contributed by atoms with Crippen molar-refractivity contribution in [2.75, 3.05) is 5.32 Å². The highest BCUT2D eigenvalue weighted by atomic mass is 79.9. The van der Waals surface area contributed by atoms with Crippen molar-refractivity contribution in [3.63, 3.8) is 0 Å². The van der Waals surface area contributed by atoms with Gasteiger partial charge in [-0.3, -0.25) is 4.79 Å². The number of nitrogens with one attached hydrogen (secondary N) is 1. The molecule has 30 heavy (non-hydrogen) atoms. The van der Waals surface area contributed by atoms with Crippen LogP contribution in [0.3, 0.4) is 0 Å². The van der Waals surface area contributed by atoms with Crippen molar-refractivity contribution in [1.82, 2.24) is 4.57 Å². The van der Waals surface area contributed by atoms with E-state index in [0.29, 0.717) is 0 Å². The molecule has 0 aliphatic rings. The van der Waals surface area contributed by atoms with Crippen LogP contribution in [0.25, 0.3) is 11.8 Å². The van der Waals surface area contributed by atoms with Crippen molar-refractivity contribution in [3.8, 4) is 11.8 Å². The first kappa shape index (κ1) is 21.1. The Bertz CT molecular complexity index is 1200. The lowest BCUT2D eigenvalue weighted by Crippen LogP contribution is -2.16. The number of benzene rings is 2. The van der Waals surface area contributed by atoms with Gasteiger partial charge in [0, 0.05) is 21.5 Å². The predicted molar refractivity (Wildman–Crippen MR) is 119 cm³/mol. The van der Waals surface area contributed by atoms with Gasteiger partial charge >= 0.3 is 5.97 Å². The van der Waals surface area contributed by atoms with Gasteiger partial charge in [-0.2, -0.15) is 5.26 Å². The number of carboxylic acids is 1. The zero-order chi connectivity index (χ0) is 21.8. The molecule has 1 aromatic heterocycles. The highest BCUT2D eigenvalue weighted by Gasteiger charge is 2.16. The molecule has 0 aliphatic heterocycles. The number of hydrogen-bond donors (Lipinski definition) is 2. The maximum absolute atomic E-state index is 12.6. The summed E-state index contributed by atoms with van der Waals surface area (Å²) in [6.45, 7) is 3.86. The average molecular weight is 464 g/mol. The number of carbonyl (C=O) groups excluding carboxylic acids is 1. The van der Waals surface area contributed by atoms with Crippen molar-refractivity contribution < 1.29 is 14.7 Å². The van der Waals surface area contributed by atoms with Crippen molar-refractivity contribution in [2.24, 2.45) is 0 Å². The summed E-state index contributed by atoms with van der Waals surface area (Å²) in [7, 11) is 0. The van der Waals surface area contributed by atoms with E-state index in [4.69, 9.17) is 0 Å². The minimum atomic E-state index is -1.16. The molecule has 0 atom stereocenters. The van der Waals surface area contributed by atoms with Gasteiger partial charge in [-0.25, -0.2) is 4.79 Å². The Morgan fingerprint density at radius 1 is 1.13 bits per heavy atom. The van der Waals surface area contributed by atoms with Crippen LogP contribution in [-0.4, -0.2) is 21.6 Å². The number of carboxylic acid groups (broad SMARTS) is 1. The van der Waals surface area contributed by atoms with Crippen LogP contribution in [0.5, 0.6) is 0 Å². The molecule has 0 fully saturated rings. The Kier molecular flexibility index (Phi) is 6.19. The number of rotatable bonds is 5. The molecule has 1 heterocycles. The summed E-state index contributed by atoms with van der Waals surface area (Å²) in [6.07, 6.45) is 1.51. The summed E-state index contributed by atoms with van der Waals surface area (Å²) < 4.78 is 3.00. The first-order valence-corrected chi connectivity index (χ1v) is 9.81. The van der Waals surface area contributed by atoms with E-state index in [9.17, 15) is 20.0 Å². The molecule has 0 unspecified atom stereocenters. The third-order valence-electron chi connectivity index (χ3n) is 4.63. The smallest absolute Gasteiger partial charge is 0.337 e. The number of para-hydroxylation sites is 1. The number of halogens is 1. The second-order valence-electron chi connectivity index (χ2n) is 6.61. The van der Waals surface area contributed by atoms with E-state index < -0.39 is 11.9 Å². The first-order valence-electron chi connectivity index (χ1n) is 9.02. The van der Waals surface area contributed by atoms with E-state index in [-0.39, 0.29) is 16.8 Å². The number of aryl methyl sites for hydroxylation is 1. The molecule has 0 bridgehead atoms. The Hall–Kier alpha value is -3.63. The van der Waals surface area contributed by atoms with E-state index in [2.05, 4.69) is 21.2 Å². The van der Waals surface area contributed by atoms with Crippen LogP contribution < -0.4 is 5.32 Å². The highest BCUT2D eigenvalue weighted by molar-refractivity contribution is 9.10. The maximum Gasteiger partial charge on any atom is 0.337 e. The molecule has 3 aromatic rings. The Morgan fingerprint density at radius 2 is 1.80 bits per heavy atom. The van der Waals surface area contributed by atoms with Crippen LogP contribution in [-0.2, 0) is 4.79 Å². The molecule has 1 amide bonds. The lowest BCUT2D eigenvalue weighted by Gasteiger charge is -2.10. The number of anilines is 1. The zero-order valence-electron chi connectivity index (χ0n) is 16.3. The zero-order valence-corrected chi connectivity index (χ0v) is 17.9. The van der Waals surface area contributed by atoms with E-state index in [1.807, 2.05) is 54.8 Å². The quantitative estimate of drug-likeness (QED) is 0.406. The van der Waals surface area contributed by atoms with E-state index >= 15 is 0 Å². The third kappa shape index (κ3) is 4.34. The minimum absolute atomic E-state index is 0.0449. The molecular weight excluding hydrogens is 446 g/mol. The Morgan fingerprint density at radius 3 is 2.43 bits per heavy atom. The second-order valence-corrected chi connectivity index (χ2v) is 7.53. The maximum atomic E-state index is 12.6. The van der Waals surface area contributed by atoms with Crippen molar-refractivity contribution in [1.29, 1.82) is 5.26 Å². The van der Waals surface area contributed by atoms with Crippen LogP contribution in [0.2, 0.25) is 0 Å². The lowest BCUT2D eigenvalue weighted by molar-refractivity contribution is -0.112. The number of aromatic nitrogens is 1. The van der Waals surface area contributed by atoms with Crippen LogP contribution in [0, 0.1) is 25.2 Å². The van der Waals surface area contributed by atoms with Gasteiger partial charge in [0.15, 0.2) is 0 Å². The van der Waals surface area contributed by atoms with E-state index in [0.717, 1.165) is 27.1 Å². The monoisotopic (exact) mass is 463 g/mol. The average Bonchev–Trinajstić information content (AvgIpc) is 3.00. The van der Waals surface area contributed by atoms with Gasteiger partial charge in [-0.05, 0) is 68.0 Å². The van der Waals surface area contributed by atoms with Crippen LogP contribution in [0.1, 0.15) is 27.3 Å². The predicted octanol–water partition coefficient (Wildman–Crippen LogP) is 5.10. The molecule has 2 N–H and O–H groups in total. The van der Waals surface area contributed by atoms with E-state index in [1.165, 1.54) is 18.2 Å². The number of nitrogens with zero attached hydrogens (tertiary/aromatic N) is 2. The van der Waals surface area contributed by atoms with Gasteiger partial charge in [0.05, 0.1) is 11.3 Å². The Balaban J connectivity index is 1.95. The summed E-state index contributed by atoms with van der Waals surface area (Å²) in [5.74, 6) is -1.83. The normalized spacial score (nSPS) is 11.1. The van der Waals surface area contributed by atoms with Gasteiger partial charge in [-0.1, -0.05) is 28.1 Å². The molecule has 0 saturated heterocycles. The largest absolute Gasteiger partial charge is 0.478 e.